The first-order valence-electron chi connectivity index (χ1n) is 4.66. The van der Waals surface area contributed by atoms with E-state index < -0.39 is 0 Å². The Kier molecular flexibility index (Phi) is 3.18. The van der Waals surface area contributed by atoms with Gasteiger partial charge in [-0.15, -0.1) is 0 Å². The van der Waals surface area contributed by atoms with Crippen molar-refractivity contribution in [1.82, 2.24) is 9.78 Å². The van der Waals surface area contributed by atoms with Crippen LogP contribution in [0.2, 0.25) is 0 Å². The Balaban J connectivity index is 2.33. The van der Waals surface area contributed by atoms with Crippen LogP contribution in [0.3, 0.4) is 0 Å². The molecule has 4 heteroatoms. The number of hydrogen-bond donors (Lipinski definition) is 1. The van der Waals surface area contributed by atoms with Gasteiger partial charge in [-0.25, -0.2) is 0 Å². The molecule has 0 bridgehead atoms. The maximum absolute atomic E-state index is 9.37. The third kappa shape index (κ3) is 2.27. The van der Waals surface area contributed by atoms with Crippen LogP contribution in [0, 0.1) is 0 Å². The van der Waals surface area contributed by atoms with Crippen LogP contribution in [0.4, 0.5) is 0 Å². The molecule has 1 heterocycles. The fourth-order valence-corrected chi connectivity index (χ4v) is 1.80. The third-order valence-corrected chi connectivity index (χ3v) is 2.66. The molecule has 1 atom stereocenters. The lowest BCUT2D eigenvalue weighted by molar-refractivity contribution is 0.241. The number of hydrogen-bond acceptors (Lipinski definition) is 2. The minimum Gasteiger partial charge on any atom is -0.394 e. The summed E-state index contributed by atoms with van der Waals surface area (Å²) in [5.41, 5.74) is 1.05. The van der Waals surface area contributed by atoms with E-state index >= 15 is 0 Å². The molecule has 2 aromatic rings. The van der Waals surface area contributed by atoms with E-state index in [1.165, 1.54) is 0 Å². The SMILES string of the molecule is OC[C@H](c1ccccc1)n1cc(Br)cn1. The number of halogens is 1. The second-order valence-corrected chi connectivity index (χ2v) is 4.16. The zero-order valence-electron chi connectivity index (χ0n) is 8.05. The van der Waals surface area contributed by atoms with E-state index in [0.717, 1.165) is 10.0 Å². The molecule has 15 heavy (non-hydrogen) atoms. The van der Waals surface area contributed by atoms with Gasteiger partial charge in [-0.05, 0) is 21.5 Å². The molecule has 0 radical (unpaired) electrons. The highest BCUT2D eigenvalue weighted by atomic mass is 79.9. The summed E-state index contributed by atoms with van der Waals surface area (Å²) in [6.45, 7) is 0.0398. The van der Waals surface area contributed by atoms with Crippen LogP contribution < -0.4 is 0 Å². The molecule has 2 rings (SSSR count). The molecule has 0 spiro atoms. The summed E-state index contributed by atoms with van der Waals surface area (Å²) in [7, 11) is 0. The van der Waals surface area contributed by atoms with Gasteiger partial charge in [-0.2, -0.15) is 5.10 Å². The Bertz CT molecular complexity index is 427. The Labute approximate surface area is 96.5 Å². The van der Waals surface area contributed by atoms with Crippen molar-refractivity contribution in [3.8, 4) is 0 Å². The molecule has 3 nitrogen and oxygen atoms in total. The molecule has 0 saturated carbocycles. The minimum absolute atomic E-state index is 0.0398. The van der Waals surface area contributed by atoms with E-state index in [-0.39, 0.29) is 12.6 Å². The van der Waals surface area contributed by atoms with Crippen molar-refractivity contribution in [2.24, 2.45) is 0 Å². The van der Waals surface area contributed by atoms with Crippen LogP contribution in [0.15, 0.2) is 47.2 Å². The lowest BCUT2D eigenvalue weighted by Crippen LogP contribution is -2.14. The monoisotopic (exact) mass is 266 g/mol. The Morgan fingerprint density at radius 1 is 1.33 bits per heavy atom. The van der Waals surface area contributed by atoms with Crippen molar-refractivity contribution in [2.45, 2.75) is 6.04 Å². The maximum atomic E-state index is 9.37. The lowest BCUT2D eigenvalue weighted by Gasteiger charge is -2.14. The molecule has 0 aliphatic rings. The van der Waals surface area contributed by atoms with Crippen LogP contribution in [-0.2, 0) is 0 Å². The van der Waals surface area contributed by atoms with Crippen LogP contribution in [0.1, 0.15) is 11.6 Å². The van der Waals surface area contributed by atoms with E-state index in [2.05, 4.69) is 21.0 Å². The Hall–Kier alpha value is -1.13. The molecule has 0 fully saturated rings. The zero-order chi connectivity index (χ0) is 10.7. The van der Waals surface area contributed by atoms with Gasteiger partial charge in [0, 0.05) is 6.20 Å². The van der Waals surface area contributed by atoms with Gasteiger partial charge in [0.1, 0.15) is 0 Å². The summed E-state index contributed by atoms with van der Waals surface area (Å²) in [4.78, 5) is 0. The largest absolute Gasteiger partial charge is 0.394 e. The van der Waals surface area contributed by atoms with Crippen molar-refractivity contribution < 1.29 is 5.11 Å². The quantitative estimate of drug-likeness (QED) is 0.926. The summed E-state index contributed by atoms with van der Waals surface area (Å²) >= 11 is 3.34. The smallest absolute Gasteiger partial charge is 0.0999 e. The summed E-state index contributed by atoms with van der Waals surface area (Å²) in [6.07, 6.45) is 3.57. The summed E-state index contributed by atoms with van der Waals surface area (Å²) in [5, 5.41) is 13.5. The fourth-order valence-electron chi connectivity index (χ4n) is 1.50. The summed E-state index contributed by atoms with van der Waals surface area (Å²) in [5.74, 6) is 0. The third-order valence-electron chi connectivity index (χ3n) is 2.25. The summed E-state index contributed by atoms with van der Waals surface area (Å²) in [6, 6.07) is 9.72. The van der Waals surface area contributed by atoms with Gasteiger partial charge in [-0.3, -0.25) is 4.68 Å². The van der Waals surface area contributed by atoms with Crippen molar-refractivity contribution in [3.05, 3.63) is 52.8 Å². The lowest BCUT2D eigenvalue weighted by atomic mass is 10.1. The molecule has 0 unspecified atom stereocenters. The highest BCUT2D eigenvalue weighted by Gasteiger charge is 2.12. The number of benzene rings is 1. The molecule has 78 valence electrons. The predicted octanol–water partition coefficient (Wildman–Crippen LogP) is 2.23. The van der Waals surface area contributed by atoms with E-state index in [1.54, 1.807) is 10.9 Å². The van der Waals surface area contributed by atoms with Gasteiger partial charge >= 0.3 is 0 Å². The van der Waals surface area contributed by atoms with Crippen LogP contribution in [0.5, 0.6) is 0 Å². The van der Waals surface area contributed by atoms with Crippen molar-refractivity contribution in [3.63, 3.8) is 0 Å². The molecule has 0 aliphatic heterocycles. The zero-order valence-corrected chi connectivity index (χ0v) is 9.63. The highest BCUT2D eigenvalue weighted by Crippen LogP contribution is 2.18. The number of rotatable bonds is 3. The first-order valence-corrected chi connectivity index (χ1v) is 5.46. The van der Waals surface area contributed by atoms with Gasteiger partial charge in [0.2, 0.25) is 0 Å². The molecule has 0 aliphatic carbocycles. The van der Waals surface area contributed by atoms with Gasteiger partial charge < -0.3 is 5.11 Å². The average Bonchev–Trinajstić information content (AvgIpc) is 2.68. The van der Waals surface area contributed by atoms with E-state index in [0.29, 0.717) is 0 Å². The molecule has 1 aromatic heterocycles. The number of nitrogens with zero attached hydrogens (tertiary/aromatic N) is 2. The average molecular weight is 267 g/mol. The van der Waals surface area contributed by atoms with E-state index in [4.69, 9.17) is 0 Å². The first kappa shape index (κ1) is 10.4. The molecular weight excluding hydrogens is 256 g/mol. The number of aromatic nitrogens is 2. The van der Waals surface area contributed by atoms with E-state index in [1.807, 2.05) is 36.5 Å². The number of aliphatic hydroxyl groups is 1. The Morgan fingerprint density at radius 2 is 2.07 bits per heavy atom. The fraction of sp³-hybridized carbons (Fsp3) is 0.182. The standard InChI is InChI=1S/C11H11BrN2O/c12-10-6-13-14(7-10)11(8-15)9-4-2-1-3-5-9/h1-7,11,15H,8H2/t11-/m1/s1. The van der Waals surface area contributed by atoms with Gasteiger partial charge in [0.25, 0.3) is 0 Å². The van der Waals surface area contributed by atoms with Gasteiger partial charge in [0.15, 0.2) is 0 Å². The van der Waals surface area contributed by atoms with Crippen molar-refractivity contribution >= 4 is 15.9 Å². The predicted molar refractivity (Wildman–Crippen MR) is 61.6 cm³/mol. The topological polar surface area (TPSA) is 38.0 Å². The molecule has 0 amide bonds. The van der Waals surface area contributed by atoms with Gasteiger partial charge in [-0.1, -0.05) is 30.3 Å². The minimum atomic E-state index is -0.113. The van der Waals surface area contributed by atoms with E-state index in [9.17, 15) is 5.11 Å². The van der Waals surface area contributed by atoms with Gasteiger partial charge in [0.05, 0.1) is 23.3 Å². The first-order chi connectivity index (χ1) is 7.31. The van der Waals surface area contributed by atoms with Crippen LogP contribution >= 0.6 is 15.9 Å². The molecule has 1 N–H and O–H groups in total. The second kappa shape index (κ2) is 4.59. The normalized spacial score (nSPS) is 12.7. The Morgan fingerprint density at radius 3 is 2.60 bits per heavy atom. The summed E-state index contributed by atoms with van der Waals surface area (Å²) < 4.78 is 2.66. The molecule has 1 aromatic carbocycles. The maximum Gasteiger partial charge on any atom is 0.0999 e. The van der Waals surface area contributed by atoms with Crippen LogP contribution in [-0.4, -0.2) is 21.5 Å². The molecular formula is C11H11BrN2O. The van der Waals surface area contributed by atoms with Crippen LogP contribution in [0.25, 0.3) is 0 Å². The number of aliphatic hydroxyl groups excluding tert-OH is 1. The van der Waals surface area contributed by atoms with Crippen molar-refractivity contribution in [2.75, 3.05) is 6.61 Å². The molecule has 0 saturated heterocycles. The van der Waals surface area contributed by atoms with Crippen molar-refractivity contribution in [1.29, 1.82) is 0 Å². The second-order valence-electron chi connectivity index (χ2n) is 3.25. The highest BCUT2D eigenvalue weighted by molar-refractivity contribution is 9.10.